The van der Waals surface area contributed by atoms with E-state index in [0.717, 1.165) is 32.5 Å². The normalized spacial score (nSPS) is 30.1. The summed E-state index contributed by atoms with van der Waals surface area (Å²) in [5.41, 5.74) is 4.03. The van der Waals surface area contributed by atoms with Crippen LogP contribution >= 0.6 is 0 Å². The second kappa shape index (κ2) is 4.31. The Morgan fingerprint density at radius 2 is 2.33 bits per heavy atom. The molecule has 2 unspecified atom stereocenters. The molecule has 3 rings (SSSR count). The lowest BCUT2D eigenvalue weighted by molar-refractivity contribution is 0.361. The Kier molecular flexibility index (Phi) is 2.89. The Balaban J connectivity index is 2.13. The molecule has 0 amide bonds. The lowest BCUT2D eigenvalue weighted by Gasteiger charge is -2.45. The predicted octanol–water partition coefficient (Wildman–Crippen LogP) is 2.17. The quantitative estimate of drug-likeness (QED) is 0.797. The second-order valence-corrected chi connectivity index (χ2v) is 5.66. The summed E-state index contributed by atoms with van der Waals surface area (Å²) in [5.74, 6) is 0.438. The van der Waals surface area contributed by atoms with E-state index < -0.39 is 0 Å². The summed E-state index contributed by atoms with van der Waals surface area (Å²) >= 11 is 0. The van der Waals surface area contributed by atoms with Crippen LogP contribution in [0.25, 0.3) is 0 Å². The van der Waals surface area contributed by atoms with Crippen molar-refractivity contribution in [3.05, 3.63) is 29.3 Å². The van der Waals surface area contributed by atoms with E-state index in [9.17, 15) is 0 Å². The summed E-state index contributed by atoms with van der Waals surface area (Å²) < 4.78 is 0. The fourth-order valence-corrected chi connectivity index (χ4v) is 3.67. The fourth-order valence-electron chi connectivity index (χ4n) is 3.67. The SMILES string of the molecule is [B]C12CCNCC1c1cccc(C)c1N2CCC. The van der Waals surface area contributed by atoms with Crippen LogP contribution < -0.4 is 10.2 Å². The van der Waals surface area contributed by atoms with Crippen molar-refractivity contribution in [2.45, 2.75) is 38.0 Å². The number of anilines is 1. The number of hydrogen-bond donors (Lipinski definition) is 1. The standard InChI is InChI=1S/C15H21BN2/c1-3-9-18-14-11(2)5-4-6-12(14)13-10-17-8-7-15(13,18)16/h4-6,13,17H,3,7-10H2,1-2H3. The van der Waals surface area contributed by atoms with E-state index >= 15 is 0 Å². The van der Waals surface area contributed by atoms with Gasteiger partial charge in [-0.1, -0.05) is 25.1 Å². The molecule has 0 saturated carbocycles. The maximum Gasteiger partial charge on any atom is 0.105 e. The summed E-state index contributed by atoms with van der Waals surface area (Å²) in [6.45, 7) is 7.53. The van der Waals surface area contributed by atoms with Gasteiger partial charge in [-0.3, -0.25) is 0 Å². The van der Waals surface area contributed by atoms with E-state index in [1.54, 1.807) is 0 Å². The van der Waals surface area contributed by atoms with E-state index in [1.165, 1.54) is 16.8 Å². The Morgan fingerprint density at radius 3 is 3.11 bits per heavy atom. The van der Waals surface area contributed by atoms with Crippen molar-refractivity contribution >= 4 is 13.5 Å². The van der Waals surface area contributed by atoms with Crippen molar-refractivity contribution in [2.24, 2.45) is 0 Å². The number of nitrogens with zero attached hydrogens (tertiary/aromatic N) is 1. The third-order valence-electron chi connectivity index (χ3n) is 4.52. The molecule has 0 aromatic heterocycles. The molecule has 3 heteroatoms. The van der Waals surface area contributed by atoms with Gasteiger partial charge in [0.1, 0.15) is 7.85 Å². The Hall–Kier alpha value is -0.955. The molecule has 2 heterocycles. The zero-order valence-corrected chi connectivity index (χ0v) is 11.4. The highest BCUT2D eigenvalue weighted by Crippen LogP contribution is 2.49. The Bertz CT molecular complexity index is 460. The number of aryl methyl sites for hydroxylation is 1. The van der Waals surface area contributed by atoms with Crippen LogP contribution in [0.5, 0.6) is 0 Å². The summed E-state index contributed by atoms with van der Waals surface area (Å²) in [7, 11) is 6.80. The first-order valence-corrected chi connectivity index (χ1v) is 7.05. The van der Waals surface area contributed by atoms with Gasteiger partial charge in [0.25, 0.3) is 0 Å². The molecule has 0 aliphatic carbocycles. The van der Waals surface area contributed by atoms with E-state index in [1.807, 2.05) is 0 Å². The topological polar surface area (TPSA) is 15.3 Å². The van der Waals surface area contributed by atoms with Crippen molar-refractivity contribution in [1.29, 1.82) is 0 Å². The monoisotopic (exact) mass is 240 g/mol. The van der Waals surface area contributed by atoms with Gasteiger partial charge in [0, 0.05) is 30.1 Å². The number of piperidine rings is 1. The van der Waals surface area contributed by atoms with Gasteiger partial charge >= 0.3 is 0 Å². The van der Waals surface area contributed by atoms with Gasteiger partial charge in [-0.15, -0.1) is 0 Å². The van der Waals surface area contributed by atoms with Crippen molar-refractivity contribution in [2.75, 3.05) is 24.5 Å². The van der Waals surface area contributed by atoms with Gasteiger partial charge in [0.2, 0.25) is 0 Å². The van der Waals surface area contributed by atoms with E-state index in [2.05, 4.69) is 42.3 Å². The van der Waals surface area contributed by atoms with Crippen LogP contribution in [0.4, 0.5) is 5.69 Å². The summed E-state index contributed by atoms with van der Waals surface area (Å²) in [6, 6.07) is 6.63. The Labute approximate surface area is 111 Å². The first-order chi connectivity index (χ1) is 8.68. The van der Waals surface area contributed by atoms with Crippen LogP contribution in [-0.2, 0) is 0 Å². The molecule has 1 fully saturated rings. The molecule has 1 aromatic rings. The van der Waals surface area contributed by atoms with E-state index in [4.69, 9.17) is 7.85 Å². The highest BCUT2D eigenvalue weighted by Gasteiger charge is 2.48. The van der Waals surface area contributed by atoms with Crippen molar-refractivity contribution in [3.8, 4) is 0 Å². The van der Waals surface area contributed by atoms with Crippen LogP contribution in [0.3, 0.4) is 0 Å². The van der Waals surface area contributed by atoms with Crippen molar-refractivity contribution in [1.82, 2.24) is 5.32 Å². The molecular weight excluding hydrogens is 219 g/mol. The molecular formula is C15H21BN2. The molecule has 94 valence electrons. The summed E-state index contributed by atoms with van der Waals surface area (Å²) in [4.78, 5) is 2.48. The average molecular weight is 240 g/mol. The summed E-state index contributed by atoms with van der Waals surface area (Å²) in [5, 5.41) is 3.50. The van der Waals surface area contributed by atoms with Gasteiger partial charge < -0.3 is 10.2 Å². The minimum absolute atomic E-state index is 0.171. The molecule has 1 saturated heterocycles. The minimum Gasteiger partial charge on any atom is -0.373 e. The van der Waals surface area contributed by atoms with Gasteiger partial charge in [-0.05, 0) is 37.4 Å². The number of nitrogens with one attached hydrogen (secondary N) is 1. The lowest BCUT2D eigenvalue weighted by atomic mass is 9.63. The molecule has 1 N–H and O–H groups in total. The predicted molar refractivity (Wildman–Crippen MR) is 77.5 cm³/mol. The smallest absolute Gasteiger partial charge is 0.105 e. The number of para-hydroxylation sites is 1. The highest BCUT2D eigenvalue weighted by molar-refractivity contribution is 6.19. The van der Waals surface area contributed by atoms with Crippen LogP contribution in [0.1, 0.15) is 36.8 Å². The van der Waals surface area contributed by atoms with Crippen LogP contribution in [0, 0.1) is 6.92 Å². The zero-order valence-electron chi connectivity index (χ0n) is 11.4. The van der Waals surface area contributed by atoms with Crippen molar-refractivity contribution < 1.29 is 0 Å². The molecule has 18 heavy (non-hydrogen) atoms. The van der Waals surface area contributed by atoms with Gasteiger partial charge in [-0.2, -0.15) is 0 Å². The first-order valence-electron chi connectivity index (χ1n) is 7.05. The van der Waals surface area contributed by atoms with Gasteiger partial charge in [0.05, 0.1) is 0 Å². The van der Waals surface area contributed by atoms with Crippen LogP contribution in [0.15, 0.2) is 18.2 Å². The van der Waals surface area contributed by atoms with Gasteiger partial charge in [-0.25, -0.2) is 0 Å². The maximum absolute atomic E-state index is 6.80. The third kappa shape index (κ3) is 1.53. The zero-order chi connectivity index (χ0) is 12.8. The highest BCUT2D eigenvalue weighted by atomic mass is 15.2. The number of hydrogen-bond acceptors (Lipinski definition) is 2. The van der Waals surface area contributed by atoms with Crippen LogP contribution in [-0.4, -0.2) is 32.9 Å². The minimum atomic E-state index is -0.171. The molecule has 2 atom stereocenters. The molecule has 0 bridgehead atoms. The third-order valence-corrected chi connectivity index (χ3v) is 4.52. The molecule has 2 nitrogen and oxygen atoms in total. The molecule has 2 aliphatic rings. The molecule has 2 radical (unpaired) electrons. The number of fused-ring (bicyclic) bond motifs is 3. The molecule has 2 aliphatic heterocycles. The Morgan fingerprint density at radius 1 is 1.50 bits per heavy atom. The fraction of sp³-hybridized carbons (Fsp3) is 0.600. The average Bonchev–Trinajstić information content (AvgIpc) is 2.61. The van der Waals surface area contributed by atoms with E-state index in [-0.39, 0.29) is 5.44 Å². The number of rotatable bonds is 2. The number of benzene rings is 1. The van der Waals surface area contributed by atoms with Crippen LogP contribution in [0.2, 0.25) is 0 Å². The lowest BCUT2D eigenvalue weighted by Crippen LogP contribution is -2.56. The van der Waals surface area contributed by atoms with Crippen molar-refractivity contribution in [3.63, 3.8) is 0 Å². The second-order valence-electron chi connectivity index (χ2n) is 5.66. The summed E-state index contributed by atoms with van der Waals surface area (Å²) in [6.07, 6.45) is 2.18. The molecule has 1 aromatic carbocycles. The first kappa shape index (κ1) is 12.1. The molecule has 0 spiro atoms. The van der Waals surface area contributed by atoms with E-state index in [0.29, 0.717) is 5.92 Å². The largest absolute Gasteiger partial charge is 0.373 e. The maximum atomic E-state index is 6.80. The van der Waals surface area contributed by atoms with Gasteiger partial charge in [0.15, 0.2) is 0 Å².